The molecule has 1 aromatic carbocycles. The Morgan fingerprint density at radius 1 is 1.26 bits per heavy atom. The Hall–Kier alpha value is -2.69. The van der Waals surface area contributed by atoms with Gasteiger partial charge in [0, 0.05) is 23.1 Å². The average molecular weight is 409 g/mol. The highest BCUT2D eigenvalue weighted by atomic mass is 32.2. The number of fused-ring (bicyclic) bond motifs is 1. The number of hydrogen-bond donors (Lipinski definition) is 1. The minimum absolute atomic E-state index is 0.107. The molecule has 27 heavy (non-hydrogen) atoms. The summed E-state index contributed by atoms with van der Waals surface area (Å²) in [4.78, 5) is 23.6. The zero-order chi connectivity index (χ0) is 19.4. The first-order chi connectivity index (χ1) is 12.9. The highest BCUT2D eigenvalue weighted by Gasteiger charge is 2.17. The number of methoxy groups -OCH3 is 1. The van der Waals surface area contributed by atoms with E-state index in [4.69, 9.17) is 13.9 Å². The van der Waals surface area contributed by atoms with Crippen LogP contribution < -0.4 is 15.1 Å². The zero-order valence-corrected chi connectivity index (χ0v) is 15.8. The van der Waals surface area contributed by atoms with Gasteiger partial charge in [-0.3, -0.25) is 4.79 Å². The molecule has 0 saturated heterocycles. The highest BCUT2D eigenvalue weighted by molar-refractivity contribution is 7.91. The van der Waals surface area contributed by atoms with Gasteiger partial charge in [-0.15, -0.1) is 11.3 Å². The van der Waals surface area contributed by atoms with Gasteiger partial charge >= 0.3 is 11.6 Å². The van der Waals surface area contributed by atoms with E-state index in [-0.39, 0.29) is 10.8 Å². The summed E-state index contributed by atoms with van der Waals surface area (Å²) in [7, 11) is -2.27. The van der Waals surface area contributed by atoms with Crippen LogP contribution in [0.5, 0.6) is 5.75 Å². The number of esters is 1. The number of nitrogens with one attached hydrogen (secondary N) is 1. The fraction of sp³-hybridized carbons (Fsp3) is 0.176. The van der Waals surface area contributed by atoms with E-state index in [0.29, 0.717) is 22.3 Å². The molecule has 8 nitrogen and oxygen atoms in total. The first-order valence-corrected chi connectivity index (χ1v) is 10.0. The number of hydrogen-bond acceptors (Lipinski definition) is 8. The summed E-state index contributed by atoms with van der Waals surface area (Å²) in [5.41, 5.74) is 0.143. The van der Waals surface area contributed by atoms with E-state index in [0.717, 1.165) is 11.3 Å². The highest BCUT2D eigenvalue weighted by Crippen LogP contribution is 2.23. The van der Waals surface area contributed by atoms with Gasteiger partial charge in [0.15, 0.2) is 0 Å². The first kappa shape index (κ1) is 19.1. The second-order valence-electron chi connectivity index (χ2n) is 5.37. The summed E-state index contributed by atoms with van der Waals surface area (Å²) in [6.07, 6.45) is 0. The molecule has 0 spiro atoms. The molecular weight excluding hydrogens is 394 g/mol. The van der Waals surface area contributed by atoms with Gasteiger partial charge in [-0.25, -0.2) is 13.2 Å². The summed E-state index contributed by atoms with van der Waals surface area (Å²) in [6, 6.07) is 9.16. The number of carbonyl (C=O) groups is 1. The predicted molar refractivity (Wildman–Crippen MR) is 98.3 cm³/mol. The molecular formula is C17H15NO7S2. The molecule has 142 valence electrons. The molecule has 0 unspecified atom stereocenters. The number of sulfonamides is 1. The van der Waals surface area contributed by atoms with E-state index < -0.39 is 28.2 Å². The normalized spacial score (nSPS) is 11.4. The van der Waals surface area contributed by atoms with Crippen LogP contribution in [-0.2, 0) is 26.2 Å². The molecule has 0 amide bonds. The summed E-state index contributed by atoms with van der Waals surface area (Å²) in [5.74, 6) is -0.257. The van der Waals surface area contributed by atoms with Crippen molar-refractivity contribution in [3.05, 3.63) is 57.8 Å². The van der Waals surface area contributed by atoms with E-state index in [1.54, 1.807) is 29.6 Å². The molecule has 0 bridgehead atoms. The molecule has 10 heteroatoms. The summed E-state index contributed by atoms with van der Waals surface area (Å²) in [5, 5.41) is 2.20. The number of benzene rings is 1. The van der Waals surface area contributed by atoms with Gasteiger partial charge < -0.3 is 13.9 Å². The smallest absolute Gasteiger partial charge is 0.336 e. The van der Waals surface area contributed by atoms with Crippen LogP contribution in [-0.4, -0.2) is 28.0 Å². The molecule has 0 aliphatic rings. The van der Waals surface area contributed by atoms with Gasteiger partial charge in [-0.2, -0.15) is 4.72 Å². The first-order valence-electron chi connectivity index (χ1n) is 7.68. The minimum atomic E-state index is -3.76. The number of thiophene rings is 1. The lowest BCUT2D eigenvalue weighted by Gasteiger charge is -2.09. The molecule has 1 N–H and O–H groups in total. The van der Waals surface area contributed by atoms with Crippen LogP contribution in [0.25, 0.3) is 11.0 Å². The molecule has 3 aromatic rings. The molecule has 2 heterocycles. The van der Waals surface area contributed by atoms with E-state index >= 15 is 0 Å². The Bertz CT molecular complexity index is 1120. The Morgan fingerprint density at radius 3 is 2.78 bits per heavy atom. The Morgan fingerprint density at radius 2 is 2.07 bits per heavy atom. The second-order valence-corrected chi connectivity index (χ2v) is 8.31. The van der Waals surface area contributed by atoms with Crippen molar-refractivity contribution in [3.63, 3.8) is 0 Å². The predicted octanol–water partition coefficient (Wildman–Crippen LogP) is 1.88. The van der Waals surface area contributed by atoms with E-state index in [1.165, 1.54) is 19.2 Å². The minimum Gasteiger partial charge on any atom is -0.497 e. The quantitative estimate of drug-likeness (QED) is 0.468. The van der Waals surface area contributed by atoms with Crippen molar-refractivity contribution in [3.8, 4) is 5.75 Å². The maximum Gasteiger partial charge on any atom is 0.336 e. The van der Waals surface area contributed by atoms with Crippen LogP contribution in [0.4, 0.5) is 0 Å². The second kappa shape index (κ2) is 7.91. The lowest BCUT2D eigenvalue weighted by molar-refractivity contribution is -0.143. The molecule has 0 aliphatic carbocycles. The van der Waals surface area contributed by atoms with Crippen molar-refractivity contribution < 1.29 is 27.1 Å². The third-order valence-corrected chi connectivity index (χ3v) is 6.39. The molecule has 0 radical (unpaired) electrons. The number of ether oxygens (including phenoxy) is 2. The van der Waals surface area contributed by atoms with E-state index in [9.17, 15) is 18.0 Å². The topological polar surface area (TPSA) is 112 Å². The van der Waals surface area contributed by atoms with Gasteiger partial charge in [0.1, 0.15) is 28.7 Å². The molecule has 0 saturated carbocycles. The molecule has 0 fully saturated rings. The van der Waals surface area contributed by atoms with E-state index in [2.05, 4.69) is 4.72 Å². The molecule has 0 aliphatic heterocycles. The fourth-order valence-electron chi connectivity index (χ4n) is 2.31. The largest absolute Gasteiger partial charge is 0.497 e. The summed E-state index contributed by atoms with van der Waals surface area (Å²) in [6.45, 7) is -0.721. The maximum absolute atomic E-state index is 12.0. The maximum atomic E-state index is 12.0. The van der Waals surface area contributed by atoms with Crippen molar-refractivity contribution in [1.82, 2.24) is 4.72 Å². The standard InChI is InChI=1S/C17H15NO7S2/c1-23-12-4-5-13-11(7-15(19)25-14(13)8-12)10-24-16(20)9-18-27(21,22)17-3-2-6-26-17/h2-8,18H,9-10H2,1H3. The van der Waals surface area contributed by atoms with Crippen molar-refractivity contribution in [2.75, 3.05) is 13.7 Å². The summed E-state index contributed by atoms with van der Waals surface area (Å²) >= 11 is 1.04. The van der Waals surface area contributed by atoms with Gasteiger partial charge in [0.2, 0.25) is 0 Å². The Labute approximate surface area is 158 Å². The van der Waals surface area contributed by atoms with E-state index in [1.807, 2.05) is 0 Å². The monoisotopic (exact) mass is 409 g/mol. The summed E-state index contributed by atoms with van der Waals surface area (Å²) < 4.78 is 41.5. The third kappa shape index (κ3) is 4.54. The number of carbonyl (C=O) groups excluding carboxylic acids is 1. The molecule has 0 atom stereocenters. The van der Waals surface area contributed by atoms with Crippen molar-refractivity contribution in [1.29, 1.82) is 0 Å². The van der Waals surface area contributed by atoms with Crippen LogP contribution in [0.3, 0.4) is 0 Å². The third-order valence-electron chi connectivity index (χ3n) is 3.59. The number of rotatable bonds is 7. The molecule has 2 aromatic heterocycles. The van der Waals surface area contributed by atoms with Gasteiger partial charge in [-0.1, -0.05) is 6.07 Å². The lowest BCUT2D eigenvalue weighted by atomic mass is 10.1. The lowest BCUT2D eigenvalue weighted by Crippen LogP contribution is -2.30. The van der Waals surface area contributed by atoms with Crippen LogP contribution in [0.2, 0.25) is 0 Å². The SMILES string of the molecule is COc1ccc2c(COC(=O)CNS(=O)(=O)c3cccs3)cc(=O)oc2c1. The zero-order valence-electron chi connectivity index (χ0n) is 14.1. The van der Waals surface area contributed by atoms with Gasteiger partial charge in [0.05, 0.1) is 7.11 Å². The van der Waals surface area contributed by atoms with Crippen molar-refractivity contribution in [2.45, 2.75) is 10.8 Å². The van der Waals surface area contributed by atoms with Crippen LogP contribution in [0.1, 0.15) is 5.56 Å². The Balaban J connectivity index is 1.68. The van der Waals surface area contributed by atoms with Gasteiger partial charge in [0.25, 0.3) is 10.0 Å². The van der Waals surface area contributed by atoms with Gasteiger partial charge in [-0.05, 0) is 23.6 Å². The van der Waals surface area contributed by atoms with Crippen LogP contribution in [0.15, 0.2) is 55.2 Å². The van der Waals surface area contributed by atoms with Crippen molar-refractivity contribution in [2.24, 2.45) is 0 Å². The Kier molecular flexibility index (Phi) is 5.59. The van der Waals surface area contributed by atoms with Crippen LogP contribution in [0, 0.1) is 0 Å². The van der Waals surface area contributed by atoms with Crippen LogP contribution >= 0.6 is 11.3 Å². The average Bonchev–Trinajstić information content (AvgIpc) is 3.19. The molecule has 3 rings (SSSR count). The van der Waals surface area contributed by atoms with Crippen molar-refractivity contribution >= 4 is 38.3 Å². The fourth-order valence-corrected chi connectivity index (χ4v) is 4.31.